The van der Waals surface area contributed by atoms with E-state index >= 15 is 0 Å². The summed E-state index contributed by atoms with van der Waals surface area (Å²) in [6.07, 6.45) is 1.98. The highest BCUT2D eigenvalue weighted by Gasteiger charge is 2.26. The van der Waals surface area contributed by atoms with Crippen LogP contribution in [0.5, 0.6) is 0 Å². The van der Waals surface area contributed by atoms with E-state index in [2.05, 4.69) is 0 Å². The van der Waals surface area contributed by atoms with E-state index in [4.69, 9.17) is 10.8 Å². The van der Waals surface area contributed by atoms with Crippen molar-refractivity contribution in [2.24, 2.45) is 5.73 Å². The first-order valence-electron chi connectivity index (χ1n) is 3.90. The highest BCUT2D eigenvalue weighted by molar-refractivity contribution is 5.77. The van der Waals surface area contributed by atoms with Gasteiger partial charge in [0.05, 0.1) is 0 Å². The summed E-state index contributed by atoms with van der Waals surface area (Å²) in [5.74, 6) is -0.196. The molecule has 1 fully saturated rings. The summed E-state index contributed by atoms with van der Waals surface area (Å²) < 4.78 is 0. The number of likely N-dealkylation sites (tertiary alicyclic amines) is 1. The van der Waals surface area contributed by atoms with Gasteiger partial charge >= 0.3 is 0 Å². The molecular weight excluding hydrogens is 144 g/mol. The van der Waals surface area contributed by atoms with Gasteiger partial charge in [0.25, 0.3) is 0 Å². The molecule has 0 bridgehead atoms. The molecule has 1 amide bonds. The maximum Gasteiger partial charge on any atom is 0.248 e. The number of hydrogen-bond acceptors (Lipinski definition) is 3. The molecule has 0 aromatic heterocycles. The van der Waals surface area contributed by atoms with Crippen LogP contribution in [0.1, 0.15) is 12.8 Å². The molecule has 0 aromatic carbocycles. The Hall–Kier alpha value is -0.610. The molecule has 4 nitrogen and oxygen atoms in total. The van der Waals surface area contributed by atoms with Crippen molar-refractivity contribution in [3.05, 3.63) is 0 Å². The van der Waals surface area contributed by atoms with Gasteiger partial charge in [-0.3, -0.25) is 4.79 Å². The molecule has 0 aromatic rings. The molecular formula is C7H14N2O2. The van der Waals surface area contributed by atoms with Crippen molar-refractivity contribution in [3.63, 3.8) is 0 Å². The Morgan fingerprint density at radius 3 is 3.00 bits per heavy atom. The summed E-state index contributed by atoms with van der Waals surface area (Å²) in [4.78, 5) is 12.7. The fourth-order valence-electron chi connectivity index (χ4n) is 1.50. The number of carbonyl (C=O) groups excluding carboxylic acids is 1. The Balaban J connectivity index is 2.49. The van der Waals surface area contributed by atoms with E-state index in [1.807, 2.05) is 0 Å². The fourth-order valence-corrected chi connectivity index (χ4v) is 1.50. The smallest absolute Gasteiger partial charge is 0.248 e. The van der Waals surface area contributed by atoms with Crippen molar-refractivity contribution >= 4 is 5.91 Å². The number of nitrogens with zero attached hydrogens (tertiary/aromatic N) is 1. The van der Waals surface area contributed by atoms with Crippen LogP contribution in [0.15, 0.2) is 0 Å². The van der Waals surface area contributed by atoms with Crippen molar-refractivity contribution in [1.29, 1.82) is 0 Å². The van der Waals surface area contributed by atoms with Crippen LogP contribution in [0, 0.1) is 0 Å². The van der Waals surface area contributed by atoms with Gasteiger partial charge in [-0.2, -0.15) is 0 Å². The van der Waals surface area contributed by atoms with Gasteiger partial charge in [0, 0.05) is 19.1 Å². The van der Waals surface area contributed by atoms with Crippen molar-refractivity contribution in [3.8, 4) is 0 Å². The quantitative estimate of drug-likeness (QED) is 0.537. The monoisotopic (exact) mass is 158 g/mol. The molecule has 3 N–H and O–H groups in total. The molecule has 4 heteroatoms. The van der Waals surface area contributed by atoms with Gasteiger partial charge in [-0.1, -0.05) is 0 Å². The van der Waals surface area contributed by atoms with Gasteiger partial charge in [0.2, 0.25) is 5.91 Å². The molecule has 1 aliphatic rings. The van der Waals surface area contributed by atoms with Crippen LogP contribution in [0.3, 0.4) is 0 Å². The number of nitrogens with two attached hydrogens (primary N) is 1. The first-order chi connectivity index (χ1) is 5.29. The van der Waals surface area contributed by atoms with Crippen molar-refractivity contribution < 1.29 is 9.90 Å². The highest BCUT2D eigenvalue weighted by atomic mass is 16.3. The number of rotatable bonds is 2. The number of aliphatic hydroxyl groups is 1. The Kier molecular flexibility index (Phi) is 2.84. The summed E-state index contributed by atoms with van der Waals surface area (Å²) >= 11 is 0. The van der Waals surface area contributed by atoms with Gasteiger partial charge < -0.3 is 15.7 Å². The minimum absolute atomic E-state index is 0.162. The molecule has 0 radical (unpaired) electrons. The van der Waals surface area contributed by atoms with Crippen LogP contribution in [0.25, 0.3) is 0 Å². The third-order valence-corrected chi connectivity index (χ3v) is 2.10. The van der Waals surface area contributed by atoms with E-state index in [0.717, 1.165) is 19.4 Å². The van der Waals surface area contributed by atoms with E-state index in [1.165, 1.54) is 0 Å². The Morgan fingerprint density at radius 2 is 2.45 bits per heavy atom. The van der Waals surface area contributed by atoms with Gasteiger partial charge in [-0.25, -0.2) is 0 Å². The van der Waals surface area contributed by atoms with E-state index in [0.29, 0.717) is 6.54 Å². The normalized spacial score (nSPS) is 24.2. The first-order valence-corrected chi connectivity index (χ1v) is 3.90. The van der Waals surface area contributed by atoms with E-state index in [-0.39, 0.29) is 11.9 Å². The lowest BCUT2D eigenvalue weighted by Gasteiger charge is -2.22. The minimum atomic E-state index is -0.392. The van der Waals surface area contributed by atoms with Crippen molar-refractivity contribution in [1.82, 2.24) is 4.90 Å². The lowest BCUT2D eigenvalue weighted by Crippen LogP contribution is -2.41. The first kappa shape index (κ1) is 8.49. The fraction of sp³-hybridized carbons (Fsp3) is 0.857. The molecule has 1 unspecified atom stereocenters. The average molecular weight is 158 g/mol. The maximum atomic E-state index is 11.0. The largest absolute Gasteiger partial charge is 0.387 e. The van der Waals surface area contributed by atoms with Crippen LogP contribution >= 0.6 is 0 Å². The number of hydrogen-bond donors (Lipinski definition) is 2. The van der Waals surface area contributed by atoms with Gasteiger partial charge in [0.15, 0.2) is 0 Å². The Bertz CT molecular complexity index is 149. The zero-order chi connectivity index (χ0) is 8.27. The molecule has 1 rings (SSSR count). The van der Waals surface area contributed by atoms with Crippen LogP contribution in [0.2, 0.25) is 0 Å². The summed E-state index contributed by atoms with van der Waals surface area (Å²) in [5.41, 5.74) is 5.44. The average Bonchev–Trinajstić information content (AvgIpc) is 2.50. The predicted octanol–water partition coefficient (Wildman–Crippen LogP) is -1.07. The molecule has 1 saturated heterocycles. The SMILES string of the molecule is NCC1CCCN1C(=O)CO. The molecule has 11 heavy (non-hydrogen) atoms. The molecule has 0 saturated carbocycles. The maximum absolute atomic E-state index is 11.0. The second kappa shape index (κ2) is 3.69. The number of aliphatic hydroxyl groups excluding tert-OH is 1. The zero-order valence-corrected chi connectivity index (χ0v) is 6.49. The molecule has 1 heterocycles. The zero-order valence-electron chi connectivity index (χ0n) is 6.49. The number of carbonyl (C=O) groups is 1. The van der Waals surface area contributed by atoms with E-state index in [1.54, 1.807) is 4.90 Å². The summed E-state index contributed by atoms with van der Waals surface area (Å²) in [5, 5.41) is 8.58. The topological polar surface area (TPSA) is 66.6 Å². The molecule has 1 atom stereocenters. The summed E-state index contributed by atoms with van der Waals surface area (Å²) in [7, 11) is 0. The molecule has 0 spiro atoms. The summed E-state index contributed by atoms with van der Waals surface area (Å²) in [6, 6.07) is 0.162. The lowest BCUT2D eigenvalue weighted by molar-refractivity contribution is -0.134. The standard InChI is InChI=1S/C7H14N2O2/c8-4-6-2-1-3-9(6)7(11)5-10/h6,10H,1-5,8H2. The van der Waals surface area contributed by atoms with Crippen molar-refractivity contribution in [2.75, 3.05) is 19.7 Å². The van der Waals surface area contributed by atoms with Crippen LogP contribution in [-0.4, -0.2) is 41.7 Å². The lowest BCUT2D eigenvalue weighted by atomic mass is 10.2. The molecule has 0 aliphatic carbocycles. The third kappa shape index (κ3) is 1.70. The van der Waals surface area contributed by atoms with E-state index < -0.39 is 6.61 Å². The van der Waals surface area contributed by atoms with E-state index in [9.17, 15) is 4.79 Å². The second-order valence-electron chi connectivity index (χ2n) is 2.78. The third-order valence-electron chi connectivity index (χ3n) is 2.10. The van der Waals surface area contributed by atoms with Gasteiger partial charge in [-0.15, -0.1) is 0 Å². The number of amides is 1. The van der Waals surface area contributed by atoms with Crippen LogP contribution in [0.4, 0.5) is 0 Å². The van der Waals surface area contributed by atoms with Crippen LogP contribution in [-0.2, 0) is 4.79 Å². The van der Waals surface area contributed by atoms with Crippen LogP contribution < -0.4 is 5.73 Å². The Labute approximate surface area is 66.0 Å². The van der Waals surface area contributed by atoms with Gasteiger partial charge in [-0.05, 0) is 12.8 Å². The second-order valence-corrected chi connectivity index (χ2v) is 2.78. The van der Waals surface area contributed by atoms with Gasteiger partial charge in [0.1, 0.15) is 6.61 Å². The molecule has 64 valence electrons. The predicted molar refractivity (Wildman–Crippen MR) is 40.9 cm³/mol. The highest BCUT2D eigenvalue weighted by Crippen LogP contribution is 2.15. The summed E-state index contributed by atoms with van der Waals surface area (Å²) in [6.45, 7) is 0.865. The Morgan fingerprint density at radius 1 is 1.73 bits per heavy atom. The molecule has 1 aliphatic heterocycles. The van der Waals surface area contributed by atoms with Crippen molar-refractivity contribution in [2.45, 2.75) is 18.9 Å². The minimum Gasteiger partial charge on any atom is -0.387 e.